The quantitative estimate of drug-likeness (QED) is 0.710. The van der Waals surface area contributed by atoms with Gasteiger partial charge in [0.15, 0.2) is 0 Å². The van der Waals surface area contributed by atoms with Crippen molar-refractivity contribution in [3.8, 4) is 0 Å². The van der Waals surface area contributed by atoms with Crippen molar-refractivity contribution in [2.24, 2.45) is 5.41 Å². The summed E-state index contributed by atoms with van der Waals surface area (Å²) in [5.41, 5.74) is 0.226. The lowest BCUT2D eigenvalue weighted by atomic mass is 9.93. The molecule has 0 aliphatic heterocycles. The van der Waals surface area contributed by atoms with Crippen molar-refractivity contribution in [1.82, 2.24) is 10.6 Å². The molecule has 0 saturated carbocycles. The van der Waals surface area contributed by atoms with Crippen molar-refractivity contribution >= 4 is 29.2 Å². The average Bonchev–Trinajstić information content (AvgIpc) is 2.61. The molecule has 0 radical (unpaired) electrons. The van der Waals surface area contributed by atoms with Crippen molar-refractivity contribution < 1.29 is 14.0 Å². The lowest BCUT2D eigenvalue weighted by molar-refractivity contribution is 0.0937. The maximum absolute atomic E-state index is 13.5. The first kappa shape index (κ1) is 19.7. The number of para-hydroxylation sites is 1. The van der Waals surface area contributed by atoms with Gasteiger partial charge in [0.25, 0.3) is 5.91 Å². The van der Waals surface area contributed by atoms with Crippen molar-refractivity contribution in [1.29, 1.82) is 0 Å². The van der Waals surface area contributed by atoms with Crippen LogP contribution >= 0.6 is 11.6 Å². The SMILES string of the molecule is CC(C)(CNC(=O)Nc1ccccc1F)CNC(=O)c1ccc(Cl)cc1. The van der Waals surface area contributed by atoms with Crippen LogP contribution < -0.4 is 16.0 Å². The third-order valence-electron chi connectivity index (χ3n) is 3.68. The van der Waals surface area contributed by atoms with E-state index in [1.54, 1.807) is 36.4 Å². The lowest BCUT2D eigenvalue weighted by Gasteiger charge is -2.25. The fourth-order valence-corrected chi connectivity index (χ4v) is 2.26. The maximum Gasteiger partial charge on any atom is 0.319 e. The maximum atomic E-state index is 13.5. The molecule has 0 aromatic heterocycles. The molecule has 3 N–H and O–H groups in total. The molecule has 2 aromatic rings. The number of anilines is 1. The minimum absolute atomic E-state index is 0.110. The van der Waals surface area contributed by atoms with E-state index < -0.39 is 17.3 Å². The van der Waals surface area contributed by atoms with Gasteiger partial charge >= 0.3 is 6.03 Å². The van der Waals surface area contributed by atoms with Crippen molar-refractivity contribution in [2.75, 3.05) is 18.4 Å². The average molecular weight is 378 g/mol. The van der Waals surface area contributed by atoms with Gasteiger partial charge in [-0.05, 0) is 41.8 Å². The predicted octanol–water partition coefficient (Wildman–Crippen LogP) is 4.06. The number of urea groups is 1. The standard InChI is InChI=1S/C19H21ClFN3O2/c1-19(2,11-22-17(25)13-7-9-14(20)10-8-13)12-23-18(26)24-16-6-4-3-5-15(16)21/h3-10H,11-12H2,1-2H3,(H,22,25)(H2,23,24,26). The number of benzene rings is 2. The second-order valence-corrected chi connectivity index (χ2v) is 7.08. The van der Waals surface area contributed by atoms with E-state index in [0.29, 0.717) is 23.7 Å². The fourth-order valence-electron chi connectivity index (χ4n) is 2.13. The molecule has 2 aromatic carbocycles. The molecule has 0 spiro atoms. The molecule has 0 aliphatic carbocycles. The summed E-state index contributed by atoms with van der Waals surface area (Å²) in [4.78, 5) is 24.0. The molecule has 0 unspecified atom stereocenters. The van der Waals surface area contributed by atoms with Gasteiger partial charge in [-0.2, -0.15) is 0 Å². The van der Waals surface area contributed by atoms with Gasteiger partial charge in [0.1, 0.15) is 5.82 Å². The highest BCUT2D eigenvalue weighted by Gasteiger charge is 2.20. The lowest BCUT2D eigenvalue weighted by Crippen LogP contribution is -2.43. The van der Waals surface area contributed by atoms with E-state index in [4.69, 9.17) is 11.6 Å². The fraction of sp³-hybridized carbons (Fsp3) is 0.263. The molecule has 3 amide bonds. The van der Waals surface area contributed by atoms with Crippen LogP contribution in [-0.4, -0.2) is 25.0 Å². The molecule has 0 atom stereocenters. The zero-order valence-electron chi connectivity index (χ0n) is 14.6. The first-order chi connectivity index (χ1) is 12.3. The number of carbonyl (C=O) groups is 2. The first-order valence-corrected chi connectivity index (χ1v) is 8.48. The van der Waals surface area contributed by atoms with E-state index >= 15 is 0 Å². The highest BCUT2D eigenvalue weighted by atomic mass is 35.5. The summed E-state index contributed by atoms with van der Waals surface area (Å²) in [6.07, 6.45) is 0. The monoisotopic (exact) mass is 377 g/mol. The number of halogens is 2. The Hall–Kier alpha value is -2.60. The summed E-state index contributed by atoms with van der Waals surface area (Å²) >= 11 is 5.80. The molecule has 0 bridgehead atoms. The topological polar surface area (TPSA) is 70.2 Å². The molecule has 138 valence electrons. The zero-order chi connectivity index (χ0) is 19.2. The number of nitrogens with one attached hydrogen (secondary N) is 3. The number of hydrogen-bond donors (Lipinski definition) is 3. The summed E-state index contributed by atoms with van der Waals surface area (Å²) in [6.45, 7) is 4.46. The molecule has 0 saturated heterocycles. The number of amides is 3. The smallest absolute Gasteiger partial charge is 0.319 e. The Kier molecular flexibility index (Phi) is 6.58. The second-order valence-electron chi connectivity index (χ2n) is 6.64. The molecule has 2 rings (SSSR count). The van der Waals surface area contributed by atoms with Gasteiger partial charge in [-0.3, -0.25) is 4.79 Å². The van der Waals surface area contributed by atoms with Gasteiger partial charge in [0, 0.05) is 23.7 Å². The minimum atomic E-state index is -0.507. The molecule has 0 aliphatic rings. The van der Waals surface area contributed by atoms with E-state index in [9.17, 15) is 14.0 Å². The summed E-state index contributed by atoms with van der Waals surface area (Å²) in [5, 5.41) is 8.53. The van der Waals surface area contributed by atoms with Gasteiger partial charge in [-0.1, -0.05) is 37.6 Å². The van der Waals surface area contributed by atoms with Crippen LogP contribution in [0.4, 0.5) is 14.9 Å². The molecular weight excluding hydrogens is 357 g/mol. The molecule has 7 heteroatoms. The van der Waals surface area contributed by atoms with Crippen LogP contribution in [0.3, 0.4) is 0 Å². The molecule has 26 heavy (non-hydrogen) atoms. The van der Waals surface area contributed by atoms with Crippen LogP contribution in [0.2, 0.25) is 5.02 Å². The highest BCUT2D eigenvalue weighted by molar-refractivity contribution is 6.30. The summed E-state index contributed by atoms with van der Waals surface area (Å²) in [6, 6.07) is 12.0. The summed E-state index contributed by atoms with van der Waals surface area (Å²) in [5.74, 6) is -0.720. The zero-order valence-corrected chi connectivity index (χ0v) is 15.4. The van der Waals surface area contributed by atoms with Crippen LogP contribution in [0.15, 0.2) is 48.5 Å². The van der Waals surface area contributed by atoms with Crippen LogP contribution in [0, 0.1) is 11.2 Å². The van der Waals surface area contributed by atoms with Crippen LogP contribution in [-0.2, 0) is 0 Å². The van der Waals surface area contributed by atoms with E-state index in [1.165, 1.54) is 12.1 Å². The third-order valence-corrected chi connectivity index (χ3v) is 3.94. The van der Waals surface area contributed by atoms with Gasteiger partial charge in [-0.25, -0.2) is 9.18 Å². The van der Waals surface area contributed by atoms with Gasteiger partial charge in [0.2, 0.25) is 0 Å². The normalized spacial score (nSPS) is 10.9. The van der Waals surface area contributed by atoms with E-state index in [0.717, 1.165) is 0 Å². The van der Waals surface area contributed by atoms with Crippen LogP contribution in [0.1, 0.15) is 24.2 Å². The van der Waals surface area contributed by atoms with Crippen molar-refractivity contribution in [3.05, 3.63) is 64.9 Å². The van der Waals surface area contributed by atoms with E-state index in [1.807, 2.05) is 13.8 Å². The Labute approximate surface area is 156 Å². The van der Waals surface area contributed by atoms with Crippen molar-refractivity contribution in [3.63, 3.8) is 0 Å². The molecule has 5 nitrogen and oxygen atoms in total. The van der Waals surface area contributed by atoms with Crippen LogP contribution in [0.25, 0.3) is 0 Å². The number of hydrogen-bond acceptors (Lipinski definition) is 2. The Morgan fingerprint density at radius 3 is 2.27 bits per heavy atom. The second kappa shape index (κ2) is 8.67. The molecular formula is C19H21ClFN3O2. The summed E-state index contributed by atoms with van der Waals surface area (Å²) < 4.78 is 13.5. The minimum Gasteiger partial charge on any atom is -0.351 e. The third kappa shape index (κ3) is 6.04. The van der Waals surface area contributed by atoms with Crippen molar-refractivity contribution in [2.45, 2.75) is 13.8 Å². The van der Waals surface area contributed by atoms with Crippen LogP contribution in [0.5, 0.6) is 0 Å². The first-order valence-electron chi connectivity index (χ1n) is 8.10. The Bertz CT molecular complexity index is 779. The van der Waals surface area contributed by atoms with Gasteiger partial charge in [-0.15, -0.1) is 0 Å². The largest absolute Gasteiger partial charge is 0.351 e. The Balaban J connectivity index is 1.80. The molecule has 0 fully saturated rings. The van der Waals surface area contributed by atoms with E-state index in [-0.39, 0.29) is 11.6 Å². The Morgan fingerprint density at radius 2 is 1.62 bits per heavy atom. The van der Waals surface area contributed by atoms with Gasteiger partial charge in [0.05, 0.1) is 5.69 Å². The number of carbonyl (C=O) groups excluding carboxylic acids is 2. The van der Waals surface area contributed by atoms with E-state index in [2.05, 4.69) is 16.0 Å². The Morgan fingerprint density at radius 1 is 1.00 bits per heavy atom. The predicted molar refractivity (Wildman–Crippen MR) is 101 cm³/mol. The van der Waals surface area contributed by atoms with Gasteiger partial charge < -0.3 is 16.0 Å². The summed E-state index contributed by atoms with van der Waals surface area (Å²) in [7, 11) is 0. The highest BCUT2D eigenvalue weighted by Crippen LogP contribution is 2.15. The molecule has 0 heterocycles. The number of rotatable bonds is 6.